The second-order valence-corrected chi connectivity index (χ2v) is 7.57. The van der Waals surface area contributed by atoms with Crippen molar-refractivity contribution in [3.8, 4) is 11.5 Å². The lowest BCUT2D eigenvalue weighted by Gasteiger charge is -2.24. The van der Waals surface area contributed by atoms with Crippen LogP contribution in [0.5, 0.6) is 11.5 Å². The first-order chi connectivity index (χ1) is 15.4. The van der Waals surface area contributed by atoms with Gasteiger partial charge < -0.3 is 30.7 Å². The molecular formula is C22H25ClN4O5. The molecule has 0 fully saturated rings. The van der Waals surface area contributed by atoms with Crippen LogP contribution in [0.1, 0.15) is 24.9 Å². The zero-order valence-corrected chi connectivity index (χ0v) is 18.4. The second-order valence-electron chi connectivity index (χ2n) is 7.13. The van der Waals surface area contributed by atoms with Crippen molar-refractivity contribution in [3.63, 3.8) is 0 Å². The molecule has 0 aliphatic carbocycles. The number of carbonyl (C=O) groups excluding carboxylic acids is 3. The summed E-state index contributed by atoms with van der Waals surface area (Å²) in [6.07, 6.45) is -0.0598. The topological polar surface area (TPSA) is 123 Å². The molecule has 4 N–H and O–H groups in total. The highest BCUT2D eigenvalue weighted by Crippen LogP contribution is 2.32. The highest BCUT2D eigenvalue weighted by atomic mass is 35.5. The minimum Gasteiger partial charge on any atom is -0.486 e. The second kappa shape index (κ2) is 10.7. The van der Waals surface area contributed by atoms with Gasteiger partial charge in [-0.2, -0.15) is 0 Å². The number of rotatable bonds is 8. The number of benzene rings is 2. The summed E-state index contributed by atoms with van der Waals surface area (Å²) in [5, 5.41) is 5.86. The Labute approximate surface area is 190 Å². The molecule has 0 unspecified atom stereocenters. The molecule has 1 atom stereocenters. The monoisotopic (exact) mass is 460 g/mol. The fourth-order valence-electron chi connectivity index (χ4n) is 3.29. The Bertz CT molecular complexity index is 983. The summed E-state index contributed by atoms with van der Waals surface area (Å²) in [4.78, 5) is 38.3. The SMILES string of the molecule is CCN(CC(=O)Nc1ccc2c(c1)OCCO2)C(=O)C[C@@H](NC(N)=O)c1ccc(Cl)cc1. The first-order valence-corrected chi connectivity index (χ1v) is 10.5. The number of hydrogen-bond donors (Lipinski definition) is 3. The predicted molar refractivity (Wildman–Crippen MR) is 120 cm³/mol. The van der Waals surface area contributed by atoms with E-state index in [-0.39, 0.29) is 24.8 Å². The van der Waals surface area contributed by atoms with Gasteiger partial charge in [0, 0.05) is 23.3 Å². The quantitative estimate of drug-likeness (QED) is 0.559. The van der Waals surface area contributed by atoms with Crippen molar-refractivity contribution in [2.45, 2.75) is 19.4 Å². The van der Waals surface area contributed by atoms with E-state index in [0.717, 1.165) is 0 Å². The van der Waals surface area contributed by atoms with Crippen molar-refractivity contribution in [1.29, 1.82) is 0 Å². The standard InChI is InChI=1S/C22H25ClN4O5/c1-2-27(13-20(28)25-16-7-8-18-19(11-16)32-10-9-31-18)21(29)12-17(26-22(24)30)14-3-5-15(23)6-4-14/h3-8,11,17H,2,9-10,12-13H2,1H3,(H,25,28)(H3,24,26,30)/t17-/m1/s1. The molecule has 10 heteroatoms. The smallest absolute Gasteiger partial charge is 0.312 e. The summed E-state index contributed by atoms with van der Waals surface area (Å²) in [7, 11) is 0. The van der Waals surface area contributed by atoms with E-state index in [1.165, 1.54) is 4.90 Å². The summed E-state index contributed by atoms with van der Waals surface area (Å²) in [5.74, 6) is 0.511. The Morgan fingerprint density at radius 1 is 1.09 bits per heavy atom. The van der Waals surface area contributed by atoms with Crippen molar-refractivity contribution in [1.82, 2.24) is 10.2 Å². The molecule has 3 rings (SSSR count). The molecule has 9 nitrogen and oxygen atoms in total. The Kier molecular flexibility index (Phi) is 7.77. The molecule has 0 radical (unpaired) electrons. The summed E-state index contributed by atoms with van der Waals surface area (Å²) in [6, 6.07) is 10.4. The maximum absolute atomic E-state index is 12.9. The molecule has 0 saturated heterocycles. The fourth-order valence-corrected chi connectivity index (χ4v) is 3.42. The zero-order chi connectivity index (χ0) is 23.1. The van der Waals surface area contributed by atoms with E-state index >= 15 is 0 Å². The minimum absolute atomic E-state index is 0.0598. The van der Waals surface area contributed by atoms with Crippen molar-refractivity contribution < 1.29 is 23.9 Å². The van der Waals surface area contributed by atoms with Crippen LogP contribution in [0.15, 0.2) is 42.5 Å². The van der Waals surface area contributed by atoms with Gasteiger partial charge in [-0.1, -0.05) is 23.7 Å². The number of halogens is 1. The molecule has 0 aromatic heterocycles. The van der Waals surface area contributed by atoms with Gasteiger partial charge in [0.15, 0.2) is 11.5 Å². The first-order valence-electron chi connectivity index (χ1n) is 10.1. The molecule has 1 heterocycles. The number of amides is 4. The molecule has 2 aromatic rings. The Morgan fingerprint density at radius 2 is 1.78 bits per heavy atom. The Balaban J connectivity index is 1.63. The van der Waals surface area contributed by atoms with Crippen LogP contribution < -0.4 is 25.8 Å². The number of fused-ring (bicyclic) bond motifs is 1. The fraction of sp³-hybridized carbons (Fsp3) is 0.318. The highest BCUT2D eigenvalue weighted by molar-refractivity contribution is 6.30. The Morgan fingerprint density at radius 3 is 2.44 bits per heavy atom. The van der Waals surface area contributed by atoms with Gasteiger partial charge in [-0.05, 0) is 36.8 Å². The summed E-state index contributed by atoms with van der Waals surface area (Å²) in [5.41, 5.74) is 6.49. The van der Waals surface area contributed by atoms with Crippen LogP contribution in [-0.2, 0) is 9.59 Å². The number of ether oxygens (including phenoxy) is 2. The lowest BCUT2D eigenvalue weighted by Crippen LogP contribution is -2.41. The number of carbonyl (C=O) groups is 3. The normalized spacial score (nSPS) is 13.1. The number of anilines is 1. The zero-order valence-electron chi connectivity index (χ0n) is 17.6. The average molecular weight is 461 g/mol. The van der Waals surface area contributed by atoms with E-state index in [0.29, 0.717) is 47.5 Å². The number of primary amides is 1. The molecule has 0 spiro atoms. The average Bonchev–Trinajstić information content (AvgIpc) is 2.77. The van der Waals surface area contributed by atoms with Gasteiger partial charge in [0.1, 0.15) is 13.2 Å². The van der Waals surface area contributed by atoms with E-state index in [4.69, 9.17) is 26.8 Å². The van der Waals surface area contributed by atoms with Crippen LogP contribution in [0.3, 0.4) is 0 Å². The maximum atomic E-state index is 12.9. The van der Waals surface area contributed by atoms with E-state index in [1.54, 1.807) is 49.4 Å². The number of hydrogen-bond acceptors (Lipinski definition) is 5. The molecule has 4 amide bonds. The van der Waals surface area contributed by atoms with Gasteiger partial charge >= 0.3 is 6.03 Å². The van der Waals surface area contributed by atoms with Crippen LogP contribution in [0.25, 0.3) is 0 Å². The number of nitrogens with one attached hydrogen (secondary N) is 2. The lowest BCUT2D eigenvalue weighted by molar-refractivity contribution is -0.134. The van der Waals surface area contributed by atoms with Crippen molar-refractivity contribution in [3.05, 3.63) is 53.1 Å². The van der Waals surface area contributed by atoms with Crippen LogP contribution in [0, 0.1) is 0 Å². The van der Waals surface area contributed by atoms with Gasteiger partial charge in [0.2, 0.25) is 11.8 Å². The largest absolute Gasteiger partial charge is 0.486 e. The number of nitrogens with two attached hydrogens (primary N) is 1. The summed E-state index contributed by atoms with van der Waals surface area (Å²) < 4.78 is 11.0. The van der Waals surface area contributed by atoms with Gasteiger partial charge in [-0.3, -0.25) is 9.59 Å². The predicted octanol–water partition coefficient (Wildman–Crippen LogP) is 2.70. The van der Waals surface area contributed by atoms with Crippen molar-refractivity contribution in [2.24, 2.45) is 5.73 Å². The highest BCUT2D eigenvalue weighted by Gasteiger charge is 2.23. The van der Waals surface area contributed by atoms with E-state index in [9.17, 15) is 14.4 Å². The third-order valence-corrected chi connectivity index (χ3v) is 5.11. The van der Waals surface area contributed by atoms with Crippen LogP contribution >= 0.6 is 11.6 Å². The number of nitrogens with zero attached hydrogens (tertiary/aromatic N) is 1. The third kappa shape index (κ3) is 6.27. The molecular weight excluding hydrogens is 436 g/mol. The van der Waals surface area contributed by atoms with Crippen molar-refractivity contribution >= 4 is 35.1 Å². The molecule has 170 valence electrons. The molecule has 2 aromatic carbocycles. The summed E-state index contributed by atoms with van der Waals surface area (Å²) in [6.45, 7) is 2.86. The molecule has 1 aliphatic rings. The molecule has 0 saturated carbocycles. The van der Waals surface area contributed by atoms with Crippen LogP contribution in [0.2, 0.25) is 5.02 Å². The third-order valence-electron chi connectivity index (χ3n) is 4.86. The summed E-state index contributed by atoms with van der Waals surface area (Å²) >= 11 is 5.92. The number of urea groups is 1. The molecule has 0 bridgehead atoms. The number of likely N-dealkylation sites (N-methyl/N-ethyl adjacent to an activating group) is 1. The van der Waals surface area contributed by atoms with E-state index in [1.807, 2.05) is 0 Å². The molecule has 1 aliphatic heterocycles. The van der Waals surface area contributed by atoms with E-state index < -0.39 is 12.1 Å². The first kappa shape index (κ1) is 23.2. The maximum Gasteiger partial charge on any atom is 0.312 e. The van der Waals surface area contributed by atoms with Gasteiger partial charge in [0.05, 0.1) is 19.0 Å². The van der Waals surface area contributed by atoms with Gasteiger partial charge in [0.25, 0.3) is 0 Å². The molecule has 32 heavy (non-hydrogen) atoms. The van der Waals surface area contributed by atoms with Gasteiger partial charge in [-0.25, -0.2) is 4.79 Å². The minimum atomic E-state index is -0.753. The Hall–Kier alpha value is -3.46. The van der Waals surface area contributed by atoms with Crippen LogP contribution in [0.4, 0.5) is 10.5 Å². The van der Waals surface area contributed by atoms with Gasteiger partial charge in [-0.15, -0.1) is 0 Å². The van der Waals surface area contributed by atoms with Crippen LogP contribution in [-0.4, -0.2) is 49.0 Å². The lowest BCUT2D eigenvalue weighted by atomic mass is 10.0. The van der Waals surface area contributed by atoms with E-state index in [2.05, 4.69) is 10.6 Å². The van der Waals surface area contributed by atoms with Crippen molar-refractivity contribution in [2.75, 3.05) is 31.6 Å².